The molecule has 1 rings (SSSR count). The van der Waals surface area contributed by atoms with Gasteiger partial charge >= 0.3 is 6.09 Å². The molecule has 0 unspecified atom stereocenters. The van der Waals surface area contributed by atoms with E-state index in [0.29, 0.717) is 19.5 Å². The van der Waals surface area contributed by atoms with Crippen LogP contribution in [0.2, 0.25) is 0 Å². The number of hydrogen-bond donors (Lipinski definition) is 1. The SMILES string of the molecule is COc1ccc(CN(C[C@H](C)CCO)C(=O)OC(C)(C)C)cc1. The predicted molar refractivity (Wildman–Crippen MR) is 90.5 cm³/mol. The van der Waals surface area contributed by atoms with Gasteiger partial charge in [-0.1, -0.05) is 19.1 Å². The molecule has 0 saturated carbocycles. The van der Waals surface area contributed by atoms with Crippen LogP contribution in [0.15, 0.2) is 24.3 Å². The van der Waals surface area contributed by atoms with Gasteiger partial charge in [-0.05, 0) is 50.8 Å². The van der Waals surface area contributed by atoms with Crippen LogP contribution in [0.25, 0.3) is 0 Å². The van der Waals surface area contributed by atoms with Crippen molar-refractivity contribution in [3.63, 3.8) is 0 Å². The van der Waals surface area contributed by atoms with Crippen molar-refractivity contribution in [3.8, 4) is 5.75 Å². The van der Waals surface area contributed by atoms with Crippen LogP contribution < -0.4 is 4.74 Å². The summed E-state index contributed by atoms with van der Waals surface area (Å²) < 4.78 is 10.6. The number of aliphatic hydroxyl groups excluding tert-OH is 1. The van der Waals surface area contributed by atoms with Gasteiger partial charge in [0.2, 0.25) is 0 Å². The fraction of sp³-hybridized carbons (Fsp3) is 0.611. The molecule has 0 radical (unpaired) electrons. The maximum Gasteiger partial charge on any atom is 0.410 e. The fourth-order valence-electron chi connectivity index (χ4n) is 2.17. The summed E-state index contributed by atoms with van der Waals surface area (Å²) in [5.74, 6) is 0.983. The molecule has 0 saturated heterocycles. The van der Waals surface area contributed by atoms with E-state index in [2.05, 4.69) is 0 Å². The number of benzene rings is 1. The van der Waals surface area contributed by atoms with Crippen LogP contribution in [0.4, 0.5) is 4.79 Å². The second-order valence-corrected chi connectivity index (χ2v) is 6.83. The van der Waals surface area contributed by atoms with Crippen LogP contribution in [0.3, 0.4) is 0 Å². The summed E-state index contributed by atoms with van der Waals surface area (Å²) >= 11 is 0. The number of rotatable bonds is 7. The van der Waals surface area contributed by atoms with E-state index >= 15 is 0 Å². The molecule has 0 aliphatic carbocycles. The first-order valence-corrected chi connectivity index (χ1v) is 7.97. The lowest BCUT2D eigenvalue weighted by molar-refractivity contribution is 0.0199. The highest BCUT2D eigenvalue weighted by Gasteiger charge is 2.23. The van der Waals surface area contributed by atoms with Crippen molar-refractivity contribution in [2.24, 2.45) is 5.92 Å². The Balaban J connectivity index is 2.82. The number of ether oxygens (including phenoxy) is 2. The highest BCUT2D eigenvalue weighted by molar-refractivity contribution is 5.68. The van der Waals surface area contributed by atoms with Gasteiger partial charge in [-0.2, -0.15) is 0 Å². The topological polar surface area (TPSA) is 59.0 Å². The number of amides is 1. The van der Waals surface area contributed by atoms with E-state index in [9.17, 15) is 4.79 Å². The zero-order chi connectivity index (χ0) is 17.5. The second kappa shape index (κ2) is 8.77. The Bertz CT molecular complexity index is 479. The zero-order valence-electron chi connectivity index (χ0n) is 14.8. The van der Waals surface area contributed by atoms with Gasteiger partial charge in [0.25, 0.3) is 0 Å². The van der Waals surface area contributed by atoms with Gasteiger partial charge in [0.05, 0.1) is 7.11 Å². The van der Waals surface area contributed by atoms with Crippen LogP contribution in [-0.4, -0.2) is 42.0 Å². The van der Waals surface area contributed by atoms with Gasteiger partial charge in [0.1, 0.15) is 11.4 Å². The van der Waals surface area contributed by atoms with Crippen molar-refractivity contribution < 1.29 is 19.4 Å². The van der Waals surface area contributed by atoms with Gasteiger partial charge < -0.3 is 19.5 Å². The first-order valence-electron chi connectivity index (χ1n) is 7.97. The van der Waals surface area contributed by atoms with Crippen LogP contribution in [-0.2, 0) is 11.3 Å². The van der Waals surface area contributed by atoms with E-state index in [0.717, 1.165) is 11.3 Å². The van der Waals surface area contributed by atoms with Crippen molar-refractivity contribution in [1.29, 1.82) is 0 Å². The maximum atomic E-state index is 12.4. The number of methoxy groups -OCH3 is 1. The van der Waals surface area contributed by atoms with Crippen molar-refractivity contribution in [1.82, 2.24) is 4.90 Å². The molecular formula is C18H29NO4. The average Bonchev–Trinajstić information content (AvgIpc) is 2.46. The molecule has 5 nitrogen and oxygen atoms in total. The van der Waals surface area contributed by atoms with Crippen molar-refractivity contribution >= 4 is 6.09 Å². The highest BCUT2D eigenvalue weighted by atomic mass is 16.6. The highest BCUT2D eigenvalue weighted by Crippen LogP contribution is 2.17. The van der Waals surface area contributed by atoms with E-state index in [-0.39, 0.29) is 18.6 Å². The normalized spacial score (nSPS) is 12.6. The van der Waals surface area contributed by atoms with E-state index in [1.54, 1.807) is 12.0 Å². The summed E-state index contributed by atoms with van der Waals surface area (Å²) in [6.07, 6.45) is 0.320. The third-order valence-electron chi connectivity index (χ3n) is 3.34. The summed E-state index contributed by atoms with van der Waals surface area (Å²) in [5.41, 5.74) is 0.475. The van der Waals surface area contributed by atoms with Crippen LogP contribution in [0, 0.1) is 5.92 Å². The number of carbonyl (C=O) groups excluding carboxylic acids is 1. The van der Waals surface area contributed by atoms with Gasteiger partial charge in [-0.25, -0.2) is 4.79 Å². The largest absolute Gasteiger partial charge is 0.497 e. The lowest BCUT2D eigenvalue weighted by Crippen LogP contribution is -2.39. The number of aliphatic hydroxyl groups is 1. The predicted octanol–water partition coefficient (Wildman–Crippen LogP) is 3.45. The summed E-state index contributed by atoms with van der Waals surface area (Å²) in [5, 5.41) is 9.07. The van der Waals surface area contributed by atoms with Gasteiger partial charge in [0, 0.05) is 19.7 Å². The molecule has 0 heterocycles. The van der Waals surface area contributed by atoms with Crippen molar-refractivity contribution in [2.45, 2.75) is 46.3 Å². The molecule has 0 fully saturated rings. The summed E-state index contributed by atoms with van der Waals surface area (Å²) in [6.45, 7) is 8.71. The first kappa shape index (κ1) is 19.3. The second-order valence-electron chi connectivity index (χ2n) is 6.83. The average molecular weight is 323 g/mol. The van der Waals surface area contributed by atoms with Gasteiger partial charge in [-0.3, -0.25) is 0 Å². The molecule has 130 valence electrons. The number of hydrogen-bond acceptors (Lipinski definition) is 4. The van der Waals surface area contributed by atoms with Gasteiger partial charge in [0.15, 0.2) is 0 Å². The molecule has 23 heavy (non-hydrogen) atoms. The van der Waals surface area contributed by atoms with Crippen LogP contribution in [0.5, 0.6) is 5.75 Å². The smallest absolute Gasteiger partial charge is 0.410 e. The molecule has 0 spiro atoms. The Labute approximate surface area is 139 Å². The quantitative estimate of drug-likeness (QED) is 0.835. The Kier molecular flexibility index (Phi) is 7.36. The number of carbonyl (C=O) groups is 1. The Hall–Kier alpha value is -1.75. The minimum atomic E-state index is -0.532. The van der Waals surface area contributed by atoms with E-state index in [1.165, 1.54) is 0 Å². The van der Waals surface area contributed by atoms with Crippen LogP contribution >= 0.6 is 0 Å². The summed E-state index contributed by atoms with van der Waals surface area (Å²) in [4.78, 5) is 14.1. The fourth-order valence-corrected chi connectivity index (χ4v) is 2.17. The molecule has 0 aromatic heterocycles. The molecule has 0 bridgehead atoms. The third kappa shape index (κ3) is 7.37. The minimum absolute atomic E-state index is 0.117. The standard InChI is InChI=1S/C18H29NO4/c1-14(10-11-20)12-19(17(21)23-18(2,3)4)13-15-6-8-16(22-5)9-7-15/h6-9,14,20H,10-13H2,1-5H3/t14-/m1/s1. The minimum Gasteiger partial charge on any atom is -0.497 e. The molecule has 1 amide bonds. The Morgan fingerprint density at radius 3 is 2.35 bits per heavy atom. The molecule has 1 atom stereocenters. The molecule has 0 aliphatic rings. The number of nitrogens with zero attached hydrogens (tertiary/aromatic N) is 1. The summed E-state index contributed by atoms with van der Waals surface area (Å²) in [6, 6.07) is 7.62. The molecule has 0 aliphatic heterocycles. The zero-order valence-corrected chi connectivity index (χ0v) is 14.8. The molecule has 1 aromatic carbocycles. The lowest BCUT2D eigenvalue weighted by atomic mass is 10.1. The lowest BCUT2D eigenvalue weighted by Gasteiger charge is -2.29. The Morgan fingerprint density at radius 1 is 1.26 bits per heavy atom. The first-order chi connectivity index (χ1) is 10.7. The monoisotopic (exact) mass is 323 g/mol. The van der Waals surface area contributed by atoms with Gasteiger partial charge in [-0.15, -0.1) is 0 Å². The van der Waals surface area contributed by atoms with E-state index < -0.39 is 5.60 Å². The Morgan fingerprint density at radius 2 is 1.87 bits per heavy atom. The van der Waals surface area contributed by atoms with Crippen LogP contribution in [0.1, 0.15) is 39.7 Å². The van der Waals surface area contributed by atoms with E-state index in [1.807, 2.05) is 52.0 Å². The third-order valence-corrected chi connectivity index (χ3v) is 3.34. The molecule has 1 N–H and O–H groups in total. The van der Waals surface area contributed by atoms with Crippen molar-refractivity contribution in [2.75, 3.05) is 20.3 Å². The van der Waals surface area contributed by atoms with E-state index in [4.69, 9.17) is 14.6 Å². The maximum absolute atomic E-state index is 12.4. The van der Waals surface area contributed by atoms with Crippen molar-refractivity contribution in [3.05, 3.63) is 29.8 Å². The summed E-state index contributed by atoms with van der Waals surface area (Å²) in [7, 11) is 1.62. The molecule has 5 heteroatoms. The molecule has 1 aromatic rings. The molecular weight excluding hydrogens is 294 g/mol.